The molecule has 0 heterocycles. The molecule has 1 N–H and O–H groups in total. The molecule has 2 aromatic carbocycles. The summed E-state index contributed by atoms with van der Waals surface area (Å²) in [5.74, 6) is 0. The lowest BCUT2D eigenvalue weighted by atomic mass is 10.0. The highest BCUT2D eigenvalue weighted by Gasteiger charge is 2.36. The smallest absolute Gasteiger partial charge is 0.372 e. The van der Waals surface area contributed by atoms with E-state index in [9.17, 15) is 26.3 Å². The van der Waals surface area contributed by atoms with Gasteiger partial charge in [-0.1, -0.05) is 19.4 Å². The van der Waals surface area contributed by atoms with Crippen LogP contribution in [0.15, 0.2) is 30.3 Å². The Bertz CT molecular complexity index is 917. The third-order valence-electron chi connectivity index (χ3n) is 6.09. The number of rotatable bonds is 9. The fourth-order valence-corrected chi connectivity index (χ4v) is 4.36. The van der Waals surface area contributed by atoms with Crippen LogP contribution in [0, 0.1) is 0 Å². The minimum Gasteiger partial charge on any atom is -0.372 e. The summed E-state index contributed by atoms with van der Waals surface area (Å²) in [6, 6.07) is 6.09. The molecule has 0 spiro atoms. The number of nitrogens with one attached hydrogen (secondary N) is 1. The number of hydrogen-bond acceptors (Lipinski definition) is 2. The Hall–Kier alpha value is -2.22. The number of hydrogen-bond donors (Lipinski definition) is 1. The molecule has 0 fully saturated rings. The zero-order valence-electron chi connectivity index (χ0n) is 19.0. The van der Waals surface area contributed by atoms with Crippen LogP contribution in [0.2, 0.25) is 0 Å². The number of unbranched alkanes of at least 4 members (excludes halogenated alkanes) is 1. The number of alkyl halides is 6. The quantitative estimate of drug-likeness (QED) is 0.391. The summed E-state index contributed by atoms with van der Waals surface area (Å²) >= 11 is 0. The highest BCUT2D eigenvalue weighted by molar-refractivity contribution is 5.58. The molecule has 33 heavy (non-hydrogen) atoms. The highest BCUT2D eigenvalue weighted by Crippen LogP contribution is 2.36. The number of nitrogens with zero attached hydrogens (tertiary/aromatic N) is 1. The van der Waals surface area contributed by atoms with Crippen molar-refractivity contribution in [3.05, 3.63) is 63.7 Å². The lowest BCUT2D eigenvalue weighted by molar-refractivity contribution is -0.143. The first-order chi connectivity index (χ1) is 15.5. The minimum absolute atomic E-state index is 0.0433. The minimum atomic E-state index is -4.84. The number of aryl methyl sites for hydroxylation is 2. The number of fused-ring (bicyclic) bond motifs is 1. The molecular weight excluding hydrogens is 442 g/mol. The van der Waals surface area contributed by atoms with Crippen molar-refractivity contribution >= 4 is 5.69 Å². The predicted octanol–water partition coefficient (Wildman–Crippen LogP) is 7.13. The molecule has 1 aliphatic carbocycles. The lowest BCUT2D eigenvalue weighted by Crippen LogP contribution is -2.26. The summed E-state index contributed by atoms with van der Waals surface area (Å²) in [5, 5.41) is 3.08. The molecule has 0 radical (unpaired) electrons. The SMILES string of the molecule is CCCCN(CC)c1cc2c(cc1CNCc1cc(C(F)(F)F)cc(C(F)(F)F)c1)CCC2. The summed E-state index contributed by atoms with van der Waals surface area (Å²) in [6.45, 7) is 6.22. The van der Waals surface area contributed by atoms with E-state index in [0.29, 0.717) is 6.54 Å². The van der Waals surface area contributed by atoms with Gasteiger partial charge in [0.05, 0.1) is 11.1 Å². The average molecular weight is 473 g/mol. The monoisotopic (exact) mass is 472 g/mol. The molecule has 0 amide bonds. The van der Waals surface area contributed by atoms with Crippen molar-refractivity contribution in [2.75, 3.05) is 18.0 Å². The molecule has 0 saturated carbocycles. The van der Waals surface area contributed by atoms with E-state index in [1.54, 1.807) is 0 Å². The van der Waals surface area contributed by atoms with Gasteiger partial charge in [0.25, 0.3) is 0 Å². The van der Waals surface area contributed by atoms with Gasteiger partial charge in [-0.05, 0) is 79.1 Å². The van der Waals surface area contributed by atoms with Crippen LogP contribution in [0.1, 0.15) is 66.5 Å². The van der Waals surface area contributed by atoms with Crippen molar-refractivity contribution in [1.82, 2.24) is 5.32 Å². The van der Waals surface area contributed by atoms with Crippen molar-refractivity contribution in [2.24, 2.45) is 0 Å². The number of anilines is 1. The maximum Gasteiger partial charge on any atom is 0.416 e. The van der Waals surface area contributed by atoms with Crippen LogP contribution in [0.25, 0.3) is 0 Å². The predicted molar refractivity (Wildman–Crippen MR) is 118 cm³/mol. The summed E-state index contributed by atoms with van der Waals surface area (Å²) in [4.78, 5) is 2.30. The number of benzene rings is 2. The van der Waals surface area contributed by atoms with Crippen LogP contribution in [-0.4, -0.2) is 13.1 Å². The second-order valence-electron chi connectivity index (χ2n) is 8.55. The summed E-state index contributed by atoms with van der Waals surface area (Å²) in [5.41, 5.74) is 2.11. The Morgan fingerprint density at radius 2 is 1.42 bits per heavy atom. The summed E-state index contributed by atoms with van der Waals surface area (Å²) in [7, 11) is 0. The van der Waals surface area contributed by atoms with Gasteiger partial charge in [-0.3, -0.25) is 0 Å². The van der Waals surface area contributed by atoms with Crippen molar-refractivity contribution in [2.45, 2.75) is 71.4 Å². The second-order valence-corrected chi connectivity index (χ2v) is 8.55. The normalized spacial score (nSPS) is 13.9. The summed E-state index contributed by atoms with van der Waals surface area (Å²) < 4.78 is 78.8. The van der Waals surface area contributed by atoms with Gasteiger partial charge < -0.3 is 10.2 Å². The topological polar surface area (TPSA) is 15.3 Å². The van der Waals surface area contributed by atoms with Crippen LogP contribution in [0.4, 0.5) is 32.0 Å². The molecule has 2 nitrogen and oxygen atoms in total. The maximum atomic E-state index is 13.1. The molecule has 0 aliphatic heterocycles. The van der Waals surface area contributed by atoms with Gasteiger partial charge in [0.1, 0.15) is 0 Å². The first kappa shape index (κ1) is 25.4. The molecule has 0 atom stereocenters. The lowest BCUT2D eigenvalue weighted by Gasteiger charge is -2.27. The van der Waals surface area contributed by atoms with E-state index < -0.39 is 23.5 Å². The van der Waals surface area contributed by atoms with Gasteiger partial charge in [0.2, 0.25) is 0 Å². The molecule has 0 saturated heterocycles. The third kappa shape index (κ3) is 6.43. The average Bonchev–Trinajstić information content (AvgIpc) is 3.20. The van der Waals surface area contributed by atoms with E-state index in [1.807, 2.05) is 0 Å². The first-order valence-corrected chi connectivity index (χ1v) is 11.4. The van der Waals surface area contributed by atoms with Crippen LogP contribution in [-0.2, 0) is 38.3 Å². The third-order valence-corrected chi connectivity index (χ3v) is 6.09. The highest BCUT2D eigenvalue weighted by atomic mass is 19.4. The molecule has 182 valence electrons. The zero-order chi connectivity index (χ0) is 24.2. The van der Waals surface area contributed by atoms with Crippen LogP contribution in [0.5, 0.6) is 0 Å². The Labute approximate surface area is 191 Å². The molecular formula is C25H30F6N2. The second kappa shape index (κ2) is 10.4. The molecule has 3 rings (SSSR count). The Kier molecular flexibility index (Phi) is 7.98. The molecule has 2 aromatic rings. The molecule has 8 heteroatoms. The van der Waals surface area contributed by atoms with E-state index in [4.69, 9.17) is 0 Å². The van der Waals surface area contributed by atoms with Crippen LogP contribution in [0.3, 0.4) is 0 Å². The largest absolute Gasteiger partial charge is 0.416 e. The fourth-order valence-electron chi connectivity index (χ4n) is 4.36. The van der Waals surface area contributed by atoms with Crippen LogP contribution < -0.4 is 10.2 Å². The molecule has 0 aromatic heterocycles. The van der Waals surface area contributed by atoms with Gasteiger partial charge in [0.15, 0.2) is 0 Å². The van der Waals surface area contributed by atoms with Gasteiger partial charge >= 0.3 is 12.4 Å². The molecule has 1 aliphatic rings. The maximum absolute atomic E-state index is 13.1. The van der Waals surface area contributed by atoms with Crippen molar-refractivity contribution in [1.29, 1.82) is 0 Å². The summed E-state index contributed by atoms with van der Waals surface area (Å²) in [6.07, 6.45) is -4.46. The van der Waals surface area contributed by atoms with E-state index >= 15 is 0 Å². The van der Waals surface area contributed by atoms with E-state index in [1.165, 1.54) is 11.1 Å². The fraction of sp³-hybridized carbons (Fsp3) is 0.520. The first-order valence-electron chi connectivity index (χ1n) is 11.4. The van der Waals surface area contributed by atoms with Gasteiger partial charge in [-0.25, -0.2) is 0 Å². The van der Waals surface area contributed by atoms with Gasteiger partial charge in [-0.15, -0.1) is 0 Å². The van der Waals surface area contributed by atoms with Gasteiger partial charge in [-0.2, -0.15) is 26.3 Å². The number of halogens is 6. The Morgan fingerprint density at radius 3 is 1.97 bits per heavy atom. The zero-order valence-corrected chi connectivity index (χ0v) is 19.0. The van der Waals surface area contributed by atoms with Crippen molar-refractivity contribution in [3.63, 3.8) is 0 Å². The van der Waals surface area contributed by atoms with Crippen molar-refractivity contribution < 1.29 is 26.3 Å². The molecule has 0 bridgehead atoms. The van der Waals surface area contributed by atoms with E-state index in [-0.39, 0.29) is 18.2 Å². The van der Waals surface area contributed by atoms with Crippen LogP contribution >= 0.6 is 0 Å². The van der Waals surface area contributed by atoms with E-state index in [0.717, 1.165) is 68.6 Å². The Morgan fingerprint density at radius 1 is 0.818 bits per heavy atom. The van der Waals surface area contributed by atoms with Gasteiger partial charge in [0, 0.05) is 31.9 Å². The van der Waals surface area contributed by atoms with E-state index in [2.05, 4.69) is 36.2 Å². The van der Waals surface area contributed by atoms with Crippen molar-refractivity contribution in [3.8, 4) is 0 Å². The Balaban J connectivity index is 1.83. The standard InChI is InChI=1S/C25H30F6N2/c1-3-5-9-33(4-2)23-13-19-8-6-7-18(19)12-20(23)16-32-15-17-10-21(24(26,27)28)14-22(11-17)25(29,30)31/h10-14,32H,3-9,15-16H2,1-2H3. The molecule has 0 unspecified atom stereocenters.